The van der Waals surface area contributed by atoms with E-state index in [2.05, 4.69) is 17.1 Å². The lowest BCUT2D eigenvalue weighted by Crippen LogP contribution is -2.31. The minimum Gasteiger partial charge on any atom is -0.488 e. The molecule has 210 valence electrons. The standard InChI is InChI=1S/C34H35N3O4/c1-23(2)41-34(39)33-24(3)31-28(20-35-33)37(21-30(38)36(4)19-18-25-12-7-5-8-13-25)27-16-11-17-29(32(27)31)40-22-26-14-9-6-10-15-26/h5-17,20,23H,18-19,21-22H2,1-4H3. The Morgan fingerprint density at radius 3 is 2.24 bits per heavy atom. The van der Waals surface area contributed by atoms with Crippen LogP contribution in [0.2, 0.25) is 0 Å². The van der Waals surface area contributed by atoms with Gasteiger partial charge in [0.25, 0.3) is 0 Å². The van der Waals surface area contributed by atoms with Crippen molar-refractivity contribution in [3.63, 3.8) is 0 Å². The lowest BCUT2D eigenvalue weighted by atomic mass is 10.1. The van der Waals surface area contributed by atoms with E-state index in [0.717, 1.165) is 33.8 Å². The number of rotatable bonds is 10. The SMILES string of the molecule is Cc1c(C(=O)OC(C)C)ncc2c1c1c(OCc3ccccc3)cccc1n2CC(=O)N(C)CCc1ccccc1. The van der Waals surface area contributed by atoms with Crippen molar-refractivity contribution in [2.45, 2.75) is 46.4 Å². The smallest absolute Gasteiger partial charge is 0.357 e. The van der Waals surface area contributed by atoms with Crippen LogP contribution in [-0.2, 0) is 29.1 Å². The maximum Gasteiger partial charge on any atom is 0.357 e. The van der Waals surface area contributed by atoms with Gasteiger partial charge in [0, 0.05) is 19.0 Å². The third-order valence-corrected chi connectivity index (χ3v) is 7.21. The summed E-state index contributed by atoms with van der Waals surface area (Å²) in [6, 6.07) is 25.9. The molecule has 0 N–H and O–H groups in total. The van der Waals surface area contributed by atoms with Crippen LogP contribution in [0, 0.1) is 6.92 Å². The molecule has 3 aromatic carbocycles. The minimum absolute atomic E-state index is 0.0173. The molecule has 5 rings (SSSR count). The van der Waals surface area contributed by atoms with Crippen molar-refractivity contribution in [2.24, 2.45) is 0 Å². The van der Waals surface area contributed by atoms with E-state index in [4.69, 9.17) is 9.47 Å². The van der Waals surface area contributed by atoms with Gasteiger partial charge in [-0.25, -0.2) is 9.78 Å². The number of carbonyl (C=O) groups is 2. The maximum absolute atomic E-state index is 13.5. The van der Waals surface area contributed by atoms with Gasteiger partial charge in [-0.05, 0) is 56.0 Å². The first-order valence-electron chi connectivity index (χ1n) is 13.9. The molecule has 0 aliphatic heterocycles. The number of carbonyl (C=O) groups excluding carboxylic acids is 2. The molecule has 0 fully saturated rings. The molecule has 5 aromatic rings. The summed E-state index contributed by atoms with van der Waals surface area (Å²) in [6.45, 7) is 6.62. The lowest BCUT2D eigenvalue weighted by molar-refractivity contribution is -0.130. The highest BCUT2D eigenvalue weighted by Gasteiger charge is 2.24. The molecule has 2 aromatic heterocycles. The van der Waals surface area contributed by atoms with Crippen molar-refractivity contribution in [2.75, 3.05) is 13.6 Å². The highest BCUT2D eigenvalue weighted by Crippen LogP contribution is 2.38. The topological polar surface area (TPSA) is 73.7 Å². The third-order valence-electron chi connectivity index (χ3n) is 7.21. The molecule has 0 bridgehead atoms. The number of ether oxygens (including phenoxy) is 2. The van der Waals surface area contributed by atoms with E-state index in [9.17, 15) is 9.59 Å². The van der Waals surface area contributed by atoms with Gasteiger partial charge in [0.1, 0.15) is 18.9 Å². The van der Waals surface area contributed by atoms with Crippen LogP contribution in [0.4, 0.5) is 0 Å². The van der Waals surface area contributed by atoms with Crippen LogP contribution in [0.25, 0.3) is 21.8 Å². The number of hydrogen-bond acceptors (Lipinski definition) is 5. The van der Waals surface area contributed by atoms with Crippen LogP contribution in [0.1, 0.15) is 41.0 Å². The van der Waals surface area contributed by atoms with Crippen molar-refractivity contribution in [3.8, 4) is 5.75 Å². The zero-order valence-corrected chi connectivity index (χ0v) is 24.0. The first-order valence-corrected chi connectivity index (χ1v) is 13.9. The molecular formula is C34H35N3O4. The summed E-state index contributed by atoms with van der Waals surface area (Å²) in [5.41, 5.74) is 4.79. The maximum atomic E-state index is 13.5. The zero-order valence-electron chi connectivity index (χ0n) is 24.0. The van der Waals surface area contributed by atoms with Crippen molar-refractivity contribution < 1.29 is 19.1 Å². The Balaban J connectivity index is 1.55. The number of benzene rings is 3. The highest BCUT2D eigenvalue weighted by molar-refractivity contribution is 6.14. The molecule has 0 unspecified atom stereocenters. The Morgan fingerprint density at radius 1 is 0.878 bits per heavy atom. The van der Waals surface area contributed by atoms with E-state index in [-0.39, 0.29) is 24.2 Å². The molecule has 0 radical (unpaired) electrons. The van der Waals surface area contributed by atoms with E-state index >= 15 is 0 Å². The molecule has 0 atom stereocenters. The third kappa shape index (κ3) is 6.09. The first kappa shape index (κ1) is 27.9. The summed E-state index contributed by atoms with van der Waals surface area (Å²) < 4.78 is 13.8. The number of amides is 1. The summed E-state index contributed by atoms with van der Waals surface area (Å²) >= 11 is 0. The van der Waals surface area contributed by atoms with Gasteiger partial charge in [0.2, 0.25) is 5.91 Å². The van der Waals surface area contributed by atoms with Crippen LogP contribution < -0.4 is 4.74 Å². The van der Waals surface area contributed by atoms with Gasteiger partial charge < -0.3 is 18.9 Å². The summed E-state index contributed by atoms with van der Waals surface area (Å²) in [7, 11) is 1.83. The Morgan fingerprint density at radius 2 is 1.56 bits per heavy atom. The van der Waals surface area contributed by atoms with Gasteiger partial charge >= 0.3 is 5.97 Å². The molecule has 0 spiro atoms. The second-order valence-electron chi connectivity index (χ2n) is 10.5. The molecule has 0 saturated heterocycles. The monoisotopic (exact) mass is 549 g/mol. The van der Waals surface area contributed by atoms with Crippen molar-refractivity contribution in [1.29, 1.82) is 0 Å². The highest BCUT2D eigenvalue weighted by atomic mass is 16.5. The summed E-state index contributed by atoms with van der Waals surface area (Å²) in [5.74, 6) is 0.188. The molecule has 0 aliphatic carbocycles. The van der Waals surface area contributed by atoms with Gasteiger partial charge in [-0.3, -0.25) is 4.79 Å². The Bertz CT molecular complexity index is 1680. The van der Waals surface area contributed by atoms with E-state index in [1.807, 2.05) is 99.1 Å². The average Bonchev–Trinajstić information content (AvgIpc) is 3.30. The molecule has 0 aliphatic rings. The number of hydrogen-bond donors (Lipinski definition) is 0. The molecule has 7 nitrogen and oxygen atoms in total. The first-order chi connectivity index (χ1) is 19.8. The number of aryl methyl sites for hydroxylation is 1. The van der Waals surface area contributed by atoms with Gasteiger partial charge in [0.05, 0.1) is 28.7 Å². The normalized spacial score (nSPS) is 11.2. The van der Waals surface area contributed by atoms with Crippen molar-refractivity contribution in [3.05, 3.63) is 107 Å². The van der Waals surface area contributed by atoms with Crippen molar-refractivity contribution >= 4 is 33.7 Å². The van der Waals surface area contributed by atoms with Gasteiger partial charge in [-0.1, -0.05) is 66.7 Å². The van der Waals surface area contributed by atoms with Gasteiger partial charge in [-0.15, -0.1) is 0 Å². The van der Waals surface area contributed by atoms with Crippen LogP contribution in [-0.4, -0.2) is 46.0 Å². The second kappa shape index (κ2) is 12.3. The Kier molecular flexibility index (Phi) is 8.34. The lowest BCUT2D eigenvalue weighted by Gasteiger charge is -2.18. The minimum atomic E-state index is -0.472. The molecule has 41 heavy (non-hydrogen) atoms. The molecule has 2 heterocycles. The van der Waals surface area contributed by atoms with E-state index in [0.29, 0.717) is 24.5 Å². The Labute approximate surface area is 240 Å². The number of nitrogens with zero attached hydrogens (tertiary/aromatic N) is 3. The fourth-order valence-electron chi connectivity index (χ4n) is 5.07. The van der Waals surface area contributed by atoms with Crippen LogP contribution >= 0.6 is 0 Å². The quantitative estimate of drug-likeness (QED) is 0.190. The van der Waals surface area contributed by atoms with Crippen LogP contribution in [0.3, 0.4) is 0 Å². The number of likely N-dealkylation sites (N-methyl/N-ethyl adjacent to an activating group) is 1. The zero-order chi connectivity index (χ0) is 28.9. The number of aromatic nitrogens is 2. The van der Waals surface area contributed by atoms with E-state index in [1.165, 1.54) is 5.56 Å². The van der Waals surface area contributed by atoms with Crippen molar-refractivity contribution in [1.82, 2.24) is 14.5 Å². The molecule has 1 amide bonds. The largest absolute Gasteiger partial charge is 0.488 e. The van der Waals surface area contributed by atoms with Crippen LogP contribution in [0.5, 0.6) is 5.75 Å². The molecular weight excluding hydrogens is 514 g/mol. The number of esters is 1. The van der Waals surface area contributed by atoms with E-state index in [1.54, 1.807) is 11.1 Å². The molecule has 7 heteroatoms. The summed E-state index contributed by atoms with van der Waals surface area (Å²) in [4.78, 5) is 32.7. The number of pyridine rings is 1. The van der Waals surface area contributed by atoms with Crippen LogP contribution in [0.15, 0.2) is 85.1 Å². The predicted octanol–water partition coefficient (Wildman–Crippen LogP) is 6.34. The van der Waals surface area contributed by atoms with Gasteiger partial charge in [0.15, 0.2) is 5.69 Å². The second-order valence-corrected chi connectivity index (χ2v) is 10.5. The fraction of sp³-hybridized carbons (Fsp3) is 0.265. The average molecular weight is 550 g/mol. The van der Waals surface area contributed by atoms with Gasteiger partial charge in [-0.2, -0.15) is 0 Å². The molecule has 0 saturated carbocycles. The fourth-order valence-corrected chi connectivity index (χ4v) is 5.07. The van der Waals surface area contributed by atoms with E-state index < -0.39 is 5.97 Å². The predicted molar refractivity (Wildman–Crippen MR) is 161 cm³/mol. The summed E-state index contributed by atoms with van der Waals surface area (Å²) in [6.07, 6.45) is 2.17. The summed E-state index contributed by atoms with van der Waals surface area (Å²) in [5, 5.41) is 1.67. The Hall–Kier alpha value is -4.65. The number of fused-ring (bicyclic) bond motifs is 3.